The Morgan fingerprint density at radius 2 is 1.36 bits per heavy atom. The molecule has 3 rings (SSSR count). The van der Waals surface area contributed by atoms with Crippen molar-refractivity contribution < 1.29 is 10.2 Å². The van der Waals surface area contributed by atoms with Crippen molar-refractivity contribution in [1.29, 1.82) is 0 Å². The molecule has 0 radical (unpaired) electrons. The largest absolute Gasteiger partial charge is 0.507 e. The summed E-state index contributed by atoms with van der Waals surface area (Å²) in [5, 5.41) is 21.1. The van der Waals surface area contributed by atoms with Crippen LogP contribution >= 0.6 is 0 Å². The summed E-state index contributed by atoms with van der Waals surface area (Å²) in [5.41, 5.74) is 6.82. The monoisotopic (exact) mass is 332 g/mol. The first kappa shape index (κ1) is 17.1. The maximum absolute atomic E-state index is 10.7. The Balaban J connectivity index is 2.10. The SMILES string of the molecule is CCc1cc(-c2ccccc2)cc(Cc2cc(C)cc(C)c2O)c1O. The van der Waals surface area contributed by atoms with Crippen molar-refractivity contribution in [2.24, 2.45) is 0 Å². The lowest BCUT2D eigenvalue weighted by atomic mass is 9.93. The van der Waals surface area contributed by atoms with E-state index in [9.17, 15) is 10.2 Å². The summed E-state index contributed by atoms with van der Waals surface area (Å²) < 4.78 is 0. The average molecular weight is 332 g/mol. The molecule has 0 saturated carbocycles. The van der Waals surface area contributed by atoms with Crippen molar-refractivity contribution in [2.45, 2.75) is 33.6 Å². The maximum atomic E-state index is 10.7. The van der Waals surface area contributed by atoms with Crippen molar-refractivity contribution in [3.8, 4) is 22.6 Å². The van der Waals surface area contributed by atoms with Crippen LogP contribution in [0.2, 0.25) is 0 Å². The third-order valence-corrected chi connectivity index (χ3v) is 4.66. The number of rotatable bonds is 4. The summed E-state index contributed by atoms with van der Waals surface area (Å²) in [6.07, 6.45) is 1.27. The topological polar surface area (TPSA) is 40.5 Å². The summed E-state index contributed by atoms with van der Waals surface area (Å²) >= 11 is 0. The number of hydrogen-bond donors (Lipinski definition) is 2. The molecule has 0 fully saturated rings. The van der Waals surface area contributed by atoms with Crippen LogP contribution in [0.5, 0.6) is 11.5 Å². The predicted octanol–water partition coefficient (Wildman–Crippen LogP) is 5.53. The molecular weight excluding hydrogens is 308 g/mol. The number of aryl methyl sites for hydroxylation is 3. The normalized spacial score (nSPS) is 10.8. The molecule has 0 heterocycles. The summed E-state index contributed by atoms with van der Waals surface area (Å²) in [6.45, 7) is 5.97. The first-order chi connectivity index (χ1) is 12.0. The van der Waals surface area contributed by atoms with Gasteiger partial charge in [-0.1, -0.05) is 55.0 Å². The van der Waals surface area contributed by atoms with E-state index in [0.29, 0.717) is 17.9 Å². The lowest BCUT2D eigenvalue weighted by Crippen LogP contribution is -1.96. The Morgan fingerprint density at radius 1 is 0.720 bits per heavy atom. The minimum absolute atomic E-state index is 0.313. The molecule has 0 unspecified atom stereocenters. The van der Waals surface area contributed by atoms with E-state index in [-0.39, 0.29) is 0 Å². The quantitative estimate of drug-likeness (QED) is 0.659. The fourth-order valence-electron chi connectivity index (χ4n) is 3.35. The second-order valence-corrected chi connectivity index (χ2v) is 6.63. The Kier molecular flexibility index (Phi) is 4.80. The highest BCUT2D eigenvalue weighted by Crippen LogP contribution is 2.34. The number of aromatic hydroxyl groups is 2. The second kappa shape index (κ2) is 7.02. The van der Waals surface area contributed by atoms with Gasteiger partial charge in [0.05, 0.1) is 0 Å². The van der Waals surface area contributed by atoms with Crippen LogP contribution in [0.4, 0.5) is 0 Å². The molecule has 0 aliphatic heterocycles. The summed E-state index contributed by atoms with van der Waals surface area (Å²) in [7, 11) is 0. The number of phenols is 2. The van der Waals surface area contributed by atoms with Crippen molar-refractivity contribution in [2.75, 3.05) is 0 Å². The summed E-state index contributed by atoms with van der Waals surface area (Å²) in [6, 6.07) is 18.2. The van der Waals surface area contributed by atoms with Gasteiger partial charge < -0.3 is 10.2 Å². The zero-order valence-electron chi connectivity index (χ0n) is 15.0. The zero-order chi connectivity index (χ0) is 18.0. The van der Waals surface area contributed by atoms with Gasteiger partial charge in [0.25, 0.3) is 0 Å². The number of benzene rings is 3. The third kappa shape index (κ3) is 3.53. The van der Waals surface area contributed by atoms with Crippen molar-refractivity contribution >= 4 is 0 Å². The van der Waals surface area contributed by atoms with Crippen molar-refractivity contribution in [3.63, 3.8) is 0 Å². The van der Waals surface area contributed by atoms with Gasteiger partial charge >= 0.3 is 0 Å². The smallest absolute Gasteiger partial charge is 0.122 e. The fraction of sp³-hybridized carbons (Fsp3) is 0.217. The first-order valence-electron chi connectivity index (χ1n) is 8.69. The Bertz CT molecular complexity index is 896. The van der Waals surface area contributed by atoms with E-state index in [1.54, 1.807) is 0 Å². The lowest BCUT2D eigenvalue weighted by Gasteiger charge is -2.15. The van der Waals surface area contributed by atoms with E-state index in [2.05, 4.69) is 18.2 Å². The van der Waals surface area contributed by atoms with E-state index in [0.717, 1.165) is 45.4 Å². The lowest BCUT2D eigenvalue weighted by molar-refractivity contribution is 0.457. The molecule has 0 saturated heterocycles. The van der Waals surface area contributed by atoms with Gasteiger partial charge in [-0.2, -0.15) is 0 Å². The first-order valence-corrected chi connectivity index (χ1v) is 8.69. The Hall–Kier alpha value is -2.74. The average Bonchev–Trinajstić information content (AvgIpc) is 2.61. The van der Waals surface area contributed by atoms with Gasteiger partial charge in [0.1, 0.15) is 11.5 Å². The van der Waals surface area contributed by atoms with Gasteiger partial charge in [-0.25, -0.2) is 0 Å². The predicted molar refractivity (Wildman–Crippen MR) is 103 cm³/mol. The molecule has 3 aromatic rings. The molecule has 0 aliphatic rings. The van der Waals surface area contributed by atoms with Crippen LogP contribution in [0.1, 0.15) is 34.7 Å². The van der Waals surface area contributed by atoms with Crippen molar-refractivity contribution in [1.82, 2.24) is 0 Å². The van der Waals surface area contributed by atoms with Gasteiger partial charge in [-0.15, -0.1) is 0 Å². The molecule has 0 bridgehead atoms. The van der Waals surface area contributed by atoms with Crippen LogP contribution in [-0.4, -0.2) is 10.2 Å². The molecule has 0 atom stereocenters. The van der Waals surface area contributed by atoms with Gasteiger partial charge in [0.15, 0.2) is 0 Å². The minimum Gasteiger partial charge on any atom is -0.507 e. The van der Waals surface area contributed by atoms with Gasteiger partial charge in [-0.05, 0) is 65.8 Å². The molecule has 2 N–H and O–H groups in total. The molecule has 0 aromatic heterocycles. The minimum atomic E-state index is 0.313. The Morgan fingerprint density at radius 3 is 2.04 bits per heavy atom. The molecule has 0 aliphatic carbocycles. The summed E-state index contributed by atoms with van der Waals surface area (Å²) in [5.74, 6) is 0.647. The third-order valence-electron chi connectivity index (χ3n) is 4.66. The van der Waals surface area contributed by atoms with Crippen molar-refractivity contribution in [3.05, 3.63) is 82.4 Å². The van der Waals surface area contributed by atoms with Gasteiger partial charge in [0.2, 0.25) is 0 Å². The van der Waals surface area contributed by atoms with Crippen LogP contribution < -0.4 is 0 Å². The highest BCUT2D eigenvalue weighted by molar-refractivity contribution is 5.68. The molecule has 25 heavy (non-hydrogen) atoms. The molecule has 128 valence electrons. The number of phenolic OH excluding ortho intramolecular Hbond substituents is 2. The molecule has 0 amide bonds. The van der Waals surface area contributed by atoms with E-state index >= 15 is 0 Å². The molecule has 2 heteroatoms. The number of hydrogen-bond acceptors (Lipinski definition) is 2. The van der Waals surface area contributed by atoms with Gasteiger partial charge in [0, 0.05) is 6.42 Å². The van der Waals surface area contributed by atoms with Crippen LogP contribution in [-0.2, 0) is 12.8 Å². The molecular formula is C23H24O2. The maximum Gasteiger partial charge on any atom is 0.122 e. The second-order valence-electron chi connectivity index (χ2n) is 6.63. The highest BCUT2D eigenvalue weighted by atomic mass is 16.3. The van der Waals surface area contributed by atoms with Crippen LogP contribution in [0.3, 0.4) is 0 Å². The van der Waals surface area contributed by atoms with E-state index in [4.69, 9.17) is 0 Å². The van der Waals surface area contributed by atoms with Crippen LogP contribution in [0.25, 0.3) is 11.1 Å². The molecule has 0 spiro atoms. The van der Waals surface area contributed by atoms with Crippen LogP contribution in [0.15, 0.2) is 54.6 Å². The standard InChI is InChI=1S/C23H24O2/c1-4-17-12-19(18-8-6-5-7-9-18)13-21(23(17)25)14-20-11-15(2)10-16(3)22(20)24/h5-13,24-25H,4,14H2,1-3H3. The molecule has 2 nitrogen and oxygen atoms in total. The zero-order valence-corrected chi connectivity index (χ0v) is 15.0. The van der Waals surface area contributed by atoms with Crippen LogP contribution in [0, 0.1) is 13.8 Å². The van der Waals surface area contributed by atoms with E-state index in [1.165, 1.54) is 0 Å². The molecule has 3 aromatic carbocycles. The van der Waals surface area contributed by atoms with E-state index in [1.807, 2.05) is 57.2 Å². The summed E-state index contributed by atoms with van der Waals surface area (Å²) in [4.78, 5) is 0. The highest BCUT2D eigenvalue weighted by Gasteiger charge is 2.14. The fourth-order valence-corrected chi connectivity index (χ4v) is 3.35. The Labute approximate surface area is 149 Å². The van der Waals surface area contributed by atoms with Gasteiger partial charge in [-0.3, -0.25) is 0 Å². The van der Waals surface area contributed by atoms with E-state index < -0.39 is 0 Å².